The molecule has 3 heterocycles. The van der Waals surface area contributed by atoms with Crippen molar-refractivity contribution in [1.82, 2.24) is 19.5 Å². The summed E-state index contributed by atoms with van der Waals surface area (Å²) in [7, 11) is 1.71. The van der Waals surface area contributed by atoms with E-state index in [1.165, 1.54) is 10.8 Å². The van der Waals surface area contributed by atoms with Crippen LogP contribution in [0.1, 0.15) is 18.5 Å². The summed E-state index contributed by atoms with van der Waals surface area (Å²) >= 11 is 0. The van der Waals surface area contributed by atoms with Crippen molar-refractivity contribution in [3.8, 4) is 6.07 Å². The molecule has 8 heteroatoms. The first kappa shape index (κ1) is 15.0. The first-order chi connectivity index (χ1) is 11.2. The second-order valence-electron chi connectivity index (χ2n) is 5.46. The molecule has 1 N–H and O–H groups in total. The Balaban J connectivity index is 1.78. The first-order valence-electron chi connectivity index (χ1n) is 7.43. The van der Waals surface area contributed by atoms with E-state index in [4.69, 9.17) is 5.26 Å². The van der Waals surface area contributed by atoms with Crippen LogP contribution in [0.15, 0.2) is 29.6 Å². The normalized spacial score (nSPS) is 17.6. The summed E-state index contributed by atoms with van der Waals surface area (Å²) in [5, 5.41) is 12.3. The number of hydrogen-bond acceptors (Lipinski definition) is 7. The number of nitrogens with one attached hydrogen (secondary N) is 1. The number of hydrogen-bond donors (Lipinski definition) is 1. The van der Waals surface area contributed by atoms with E-state index in [-0.39, 0.29) is 17.3 Å². The minimum Gasteiger partial charge on any atom is -0.363 e. The van der Waals surface area contributed by atoms with Gasteiger partial charge >= 0.3 is 0 Å². The Morgan fingerprint density at radius 3 is 2.96 bits per heavy atom. The van der Waals surface area contributed by atoms with E-state index < -0.39 is 0 Å². The van der Waals surface area contributed by atoms with Crippen LogP contribution in [0.4, 0.5) is 11.6 Å². The van der Waals surface area contributed by atoms with Crippen molar-refractivity contribution < 1.29 is 0 Å². The zero-order valence-electron chi connectivity index (χ0n) is 12.8. The maximum absolute atomic E-state index is 12.2. The molecule has 0 saturated carbocycles. The quantitative estimate of drug-likeness (QED) is 0.882. The molecular weight excluding hydrogens is 294 g/mol. The Morgan fingerprint density at radius 2 is 2.13 bits per heavy atom. The Kier molecular flexibility index (Phi) is 4.19. The molecule has 0 aliphatic carbocycles. The van der Waals surface area contributed by atoms with Crippen LogP contribution in [-0.4, -0.2) is 38.7 Å². The van der Waals surface area contributed by atoms with Gasteiger partial charge in [0.2, 0.25) is 0 Å². The van der Waals surface area contributed by atoms with Crippen molar-refractivity contribution in [2.24, 2.45) is 7.05 Å². The molecule has 2 aromatic heterocycles. The minimum absolute atomic E-state index is 0.0827. The van der Waals surface area contributed by atoms with Gasteiger partial charge in [0.05, 0.1) is 0 Å². The summed E-state index contributed by atoms with van der Waals surface area (Å²) in [6.45, 7) is 1.42. The Bertz CT molecular complexity index is 795. The third-order valence-corrected chi connectivity index (χ3v) is 3.86. The lowest BCUT2D eigenvalue weighted by molar-refractivity contribution is 0.522. The maximum Gasteiger partial charge on any atom is 0.293 e. The maximum atomic E-state index is 12.2. The lowest BCUT2D eigenvalue weighted by atomic mass is 10.1. The lowest BCUT2D eigenvalue weighted by Gasteiger charge is -2.33. The van der Waals surface area contributed by atoms with Gasteiger partial charge in [-0.25, -0.2) is 15.0 Å². The fourth-order valence-corrected chi connectivity index (χ4v) is 2.71. The highest BCUT2D eigenvalue weighted by atomic mass is 16.1. The topological polar surface area (TPSA) is 99.7 Å². The number of aryl methyl sites for hydroxylation is 1. The fourth-order valence-electron chi connectivity index (χ4n) is 2.71. The second kappa shape index (κ2) is 6.44. The summed E-state index contributed by atoms with van der Waals surface area (Å²) in [6.07, 6.45) is 8.19. The number of nitrogens with zero attached hydrogens (tertiary/aromatic N) is 6. The van der Waals surface area contributed by atoms with Crippen molar-refractivity contribution in [3.05, 3.63) is 40.8 Å². The van der Waals surface area contributed by atoms with Crippen molar-refractivity contribution in [2.75, 3.05) is 23.3 Å². The molecule has 1 atom stereocenters. The average molecular weight is 311 g/mol. The Morgan fingerprint density at radius 1 is 1.30 bits per heavy atom. The summed E-state index contributed by atoms with van der Waals surface area (Å²) in [6, 6.07) is 2.11. The predicted molar refractivity (Wildman–Crippen MR) is 85.1 cm³/mol. The highest BCUT2D eigenvalue weighted by Gasteiger charge is 2.24. The summed E-state index contributed by atoms with van der Waals surface area (Å²) < 4.78 is 1.52. The second-order valence-corrected chi connectivity index (χ2v) is 5.46. The van der Waals surface area contributed by atoms with Gasteiger partial charge in [-0.1, -0.05) is 0 Å². The monoisotopic (exact) mass is 311 g/mol. The molecular formula is C15H17N7O. The molecule has 1 saturated heterocycles. The van der Waals surface area contributed by atoms with Gasteiger partial charge in [0, 0.05) is 51.0 Å². The smallest absolute Gasteiger partial charge is 0.293 e. The predicted octanol–water partition coefficient (Wildman–Crippen LogP) is 0.523. The van der Waals surface area contributed by atoms with Crippen LogP contribution < -0.4 is 15.8 Å². The zero-order valence-corrected chi connectivity index (χ0v) is 12.8. The van der Waals surface area contributed by atoms with E-state index >= 15 is 0 Å². The van der Waals surface area contributed by atoms with E-state index in [0.717, 1.165) is 19.4 Å². The number of piperidine rings is 1. The molecule has 0 spiro atoms. The number of anilines is 2. The molecule has 0 bridgehead atoms. The fraction of sp³-hybridized carbons (Fsp3) is 0.400. The van der Waals surface area contributed by atoms with Crippen molar-refractivity contribution in [2.45, 2.75) is 18.9 Å². The summed E-state index contributed by atoms with van der Waals surface area (Å²) in [4.78, 5) is 26.6. The van der Waals surface area contributed by atoms with Crippen LogP contribution in [0.5, 0.6) is 0 Å². The SMILES string of the molecule is Cn1ccnc(N2CCC[C@@H](Nc3nccnc3C#N)C2)c1=O. The average Bonchev–Trinajstić information content (AvgIpc) is 2.58. The molecule has 23 heavy (non-hydrogen) atoms. The number of rotatable bonds is 3. The summed E-state index contributed by atoms with van der Waals surface area (Å²) in [5.41, 5.74) is 0.170. The van der Waals surface area contributed by atoms with E-state index in [2.05, 4.69) is 20.3 Å². The standard InChI is InChI=1S/C15H17N7O/c1-21-8-6-19-14(15(21)23)22-7-2-3-11(10-22)20-13-12(9-16)17-4-5-18-13/h4-6,8,11H,2-3,7,10H2,1H3,(H,18,20)/t11-/m1/s1. The van der Waals surface area contributed by atoms with Crippen LogP contribution in [0.2, 0.25) is 0 Å². The zero-order chi connectivity index (χ0) is 16.2. The van der Waals surface area contributed by atoms with Gasteiger partial charge in [-0.15, -0.1) is 0 Å². The van der Waals surface area contributed by atoms with Gasteiger partial charge < -0.3 is 14.8 Å². The van der Waals surface area contributed by atoms with E-state index in [1.54, 1.807) is 25.6 Å². The Hall–Kier alpha value is -2.95. The van der Waals surface area contributed by atoms with Crippen LogP contribution in [0, 0.1) is 11.3 Å². The van der Waals surface area contributed by atoms with Gasteiger partial charge in [0.25, 0.3) is 5.56 Å². The molecule has 0 amide bonds. The Labute approximate surface area is 133 Å². The van der Waals surface area contributed by atoms with Crippen molar-refractivity contribution in [1.29, 1.82) is 5.26 Å². The molecule has 3 rings (SSSR count). The van der Waals surface area contributed by atoms with E-state index in [1.807, 2.05) is 11.0 Å². The van der Waals surface area contributed by atoms with Gasteiger partial charge in [-0.2, -0.15) is 5.26 Å². The van der Waals surface area contributed by atoms with Crippen molar-refractivity contribution in [3.63, 3.8) is 0 Å². The van der Waals surface area contributed by atoms with E-state index in [0.29, 0.717) is 18.2 Å². The molecule has 118 valence electrons. The molecule has 1 aliphatic rings. The summed E-state index contributed by atoms with van der Waals surface area (Å²) in [5.74, 6) is 0.942. The van der Waals surface area contributed by atoms with Gasteiger partial charge in [0.15, 0.2) is 17.3 Å². The molecule has 8 nitrogen and oxygen atoms in total. The molecule has 1 aliphatic heterocycles. The van der Waals surface area contributed by atoms with Crippen LogP contribution in [0.25, 0.3) is 0 Å². The number of aromatic nitrogens is 4. The van der Waals surface area contributed by atoms with Crippen molar-refractivity contribution >= 4 is 11.6 Å². The van der Waals surface area contributed by atoms with Gasteiger partial charge in [-0.05, 0) is 12.8 Å². The third-order valence-electron chi connectivity index (χ3n) is 3.86. The van der Waals surface area contributed by atoms with E-state index in [9.17, 15) is 4.79 Å². The molecule has 0 unspecified atom stereocenters. The molecule has 0 aromatic carbocycles. The van der Waals surface area contributed by atoms with Gasteiger partial charge in [0.1, 0.15) is 6.07 Å². The van der Waals surface area contributed by atoms with Crippen LogP contribution in [0.3, 0.4) is 0 Å². The lowest BCUT2D eigenvalue weighted by Crippen LogP contribution is -2.45. The van der Waals surface area contributed by atoms with Crippen LogP contribution >= 0.6 is 0 Å². The first-order valence-corrected chi connectivity index (χ1v) is 7.43. The highest BCUT2D eigenvalue weighted by Crippen LogP contribution is 2.18. The molecule has 0 radical (unpaired) electrons. The number of nitriles is 1. The van der Waals surface area contributed by atoms with Gasteiger partial charge in [-0.3, -0.25) is 4.79 Å². The minimum atomic E-state index is -0.106. The third kappa shape index (κ3) is 3.13. The largest absolute Gasteiger partial charge is 0.363 e. The molecule has 1 fully saturated rings. The van der Waals surface area contributed by atoms with Crippen LogP contribution in [-0.2, 0) is 7.05 Å². The highest BCUT2D eigenvalue weighted by molar-refractivity contribution is 5.48. The molecule has 2 aromatic rings.